The van der Waals surface area contributed by atoms with Gasteiger partial charge >= 0.3 is 161 Å². The van der Waals surface area contributed by atoms with Gasteiger partial charge in [0.1, 0.15) is 0 Å². The van der Waals surface area contributed by atoms with Gasteiger partial charge in [-0.1, -0.05) is 0 Å². The topological polar surface area (TPSA) is 9.23 Å². The van der Waals surface area contributed by atoms with Gasteiger partial charge < -0.3 is 0 Å². The molecule has 0 bridgehead atoms. The Morgan fingerprint density at radius 3 is 1.54 bits per heavy atom. The van der Waals surface area contributed by atoms with E-state index in [4.69, 9.17) is 4.74 Å². The molecular weight excluding hydrogens is 423 g/mol. The van der Waals surface area contributed by atoms with E-state index in [2.05, 4.69) is 107 Å². The molecule has 0 aliphatic carbocycles. The summed E-state index contributed by atoms with van der Waals surface area (Å²) in [5.74, 6) is 3.33. The number of hydrogen-bond acceptors (Lipinski definition) is 1. The molecule has 0 fully saturated rings. The van der Waals surface area contributed by atoms with Gasteiger partial charge in [0.2, 0.25) is 0 Å². The number of hydrogen-bond donors (Lipinski definition) is 0. The first-order chi connectivity index (χ1) is 12.9. The Kier molecular flexibility index (Phi) is 6.71. The van der Waals surface area contributed by atoms with Gasteiger partial charge in [0.25, 0.3) is 0 Å². The van der Waals surface area contributed by atoms with Gasteiger partial charge in [-0.3, -0.25) is 0 Å². The third-order valence-electron chi connectivity index (χ3n) is 4.31. The molecule has 3 rings (SSSR count). The van der Waals surface area contributed by atoms with E-state index in [1.807, 2.05) is 0 Å². The Morgan fingerprint density at radius 2 is 1.15 bits per heavy atom. The van der Waals surface area contributed by atoms with Crippen LogP contribution in [0.25, 0.3) is 0 Å². The van der Waals surface area contributed by atoms with Crippen LogP contribution >= 0.6 is 0 Å². The Hall–Kier alpha value is -2.28. The summed E-state index contributed by atoms with van der Waals surface area (Å²) < 4.78 is 13.3. The third kappa shape index (κ3) is 4.09. The third-order valence-corrected chi connectivity index (χ3v) is 16.2. The molecule has 3 aromatic rings. The molecule has 0 saturated heterocycles. The second kappa shape index (κ2) is 9.43. The molecule has 0 saturated carbocycles. The van der Waals surface area contributed by atoms with E-state index in [9.17, 15) is 0 Å². The molecule has 0 radical (unpaired) electrons. The van der Waals surface area contributed by atoms with Gasteiger partial charge in [-0.25, -0.2) is 0 Å². The molecule has 0 aromatic heterocycles. The molecule has 26 heavy (non-hydrogen) atoms. The zero-order valence-corrected chi connectivity index (χ0v) is 17.6. The van der Waals surface area contributed by atoms with Crippen molar-refractivity contribution < 1.29 is 4.74 Å². The first-order valence-corrected chi connectivity index (χ1v) is 14.4. The van der Waals surface area contributed by atoms with Crippen LogP contribution in [0.5, 0.6) is 0 Å². The molecule has 1 nitrogen and oxygen atoms in total. The normalized spacial score (nSPS) is 10.6. The monoisotopic (exact) mass is 446 g/mol. The van der Waals surface area contributed by atoms with Crippen LogP contribution < -0.4 is 10.7 Å². The predicted octanol–water partition coefficient (Wildman–Crippen LogP) is 2.90. The fourth-order valence-electron chi connectivity index (χ4n) is 3.14. The van der Waals surface area contributed by atoms with Gasteiger partial charge in [0, 0.05) is 0 Å². The van der Waals surface area contributed by atoms with E-state index < -0.39 is 18.4 Å². The Morgan fingerprint density at radius 1 is 0.731 bits per heavy atom. The quantitative estimate of drug-likeness (QED) is 0.246. The molecule has 0 spiro atoms. The molecule has 0 amide bonds. The summed E-state index contributed by atoms with van der Waals surface area (Å²) in [6, 6.07) is 32.3. The van der Waals surface area contributed by atoms with Crippen LogP contribution in [-0.4, -0.2) is 31.6 Å². The van der Waals surface area contributed by atoms with E-state index in [0.29, 0.717) is 13.2 Å². The van der Waals surface area contributed by atoms with Crippen molar-refractivity contribution in [2.24, 2.45) is 0 Å². The van der Waals surface area contributed by atoms with Crippen LogP contribution in [0.2, 0.25) is 0 Å². The molecule has 0 aliphatic rings. The van der Waals surface area contributed by atoms with Crippen molar-refractivity contribution in [2.75, 3.05) is 13.2 Å². The first-order valence-electron chi connectivity index (χ1n) is 8.73. The second-order valence-corrected chi connectivity index (χ2v) is 15.9. The van der Waals surface area contributed by atoms with Crippen LogP contribution in [0.3, 0.4) is 0 Å². The van der Waals surface area contributed by atoms with E-state index in [1.54, 1.807) is 6.08 Å². The molecule has 2 heteroatoms. The SMILES string of the molecule is C=CCOCC#[C][Sn]([c]1ccccc1)([c]1ccccc1)[c]1ccccc1. The molecule has 0 unspecified atom stereocenters. The Balaban J connectivity index is 2.20. The summed E-state index contributed by atoms with van der Waals surface area (Å²) in [6.45, 7) is 4.64. The van der Waals surface area contributed by atoms with Crippen molar-refractivity contribution in [2.45, 2.75) is 0 Å². The van der Waals surface area contributed by atoms with Crippen molar-refractivity contribution in [1.82, 2.24) is 0 Å². The molecule has 3 aromatic carbocycles. The van der Waals surface area contributed by atoms with Crippen LogP contribution in [-0.2, 0) is 4.74 Å². The Bertz CT molecular complexity index is 780. The second-order valence-electron chi connectivity index (χ2n) is 5.95. The first kappa shape index (κ1) is 18.5. The van der Waals surface area contributed by atoms with E-state index in [1.165, 1.54) is 10.7 Å². The fraction of sp³-hybridized carbons (Fsp3) is 0.0833. The van der Waals surface area contributed by atoms with Crippen LogP contribution in [0.1, 0.15) is 0 Å². The molecule has 0 aliphatic heterocycles. The summed E-state index contributed by atoms with van der Waals surface area (Å²) in [7, 11) is 0. The predicted molar refractivity (Wildman–Crippen MR) is 113 cm³/mol. The van der Waals surface area contributed by atoms with E-state index >= 15 is 0 Å². The van der Waals surface area contributed by atoms with Gasteiger partial charge in [0.05, 0.1) is 0 Å². The van der Waals surface area contributed by atoms with Crippen LogP contribution in [0.4, 0.5) is 0 Å². The zero-order valence-electron chi connectivity index (χ0n) is 14.8. The summed E-state index contributed by atoms with van der Waals surface area (Å²) in [6.07, 6.45) is 1.75. The van der Waals surface area contributed by atoms with Crippen molar-refractivity contribution in [3.05, 3.63) is 104 Å². The molecular formula is C24H22OSn. The van der Waals surface area contributed by atoms with E-state index in [-0.39, 0.29) is 0 Å². The molecule has 0 atom stereocenters. The number of benzene rings is 3. The number of ether oxygens (including phenoxy) is 1. The average Bonchev–Trinajstić information content (AvgIpc) is 2.73. The van der Waals surface area contributed by atoms with E-state index in [0.717, 1.165) is 0 Å². The van der Waals surface area contributed by atoms with Crippen LogP contribution in [0, 0.1) is 9.86 Å². The minimum atomic E-state index is -3.43. The maximum atomic E-state index is 5.53. The zero-order chi connectivity index (χ0) is 18.1. The Labute approximate surface area is 160 Å². The summed E-state index contributed by atoms with van der Waals surface area (Å²) in [5, 5.41) is 0. The minimum absolute atomic E-state index is 0.428. The molecule has 128 valence electrons. The summed E-state index contributed by atoms with van der Waals surface area (Å²) >= 11 is -3.43. The van der Waals surface area contributed by atoms with Crippen LogP contribution in [0.15, 0.2) is 104 Å². The van der Waals surface area contributed by atoms with Crippen molar-refractivity contribution >= 4 is 29.1 Å². The summed E-state index contributed by atoms with van der Waals surface area (Å²) in [5.41, 5.74) is 0. The van der Waals surface area contributed by atoms with Gasteiger partial charge in [-0.15, -0.1) is 0 Å². The fourth-order valence-corrected chi connectivity index (χ4v) is 14.1. The van der Waals surface area contributed by atoms with Crippen molar-refractivity contribution in [3.63, 3.8) is 0 Å². The average molecular weight is 445 g/mol. The van der Waals surface area contributed by atoms with Gasteiger partial charge in [-0.2, -0.15) is 0 Å². The van der Waals surface area contributed by atoms with Gasteiger partial charge in [0.15, 0.2) is 0 Å². The molecule has 0 N–H and O–H groups in total. The number of rotatable bonds is 6. The maximum absolute atomic E-state index is 5.53. The van der Waals surface area contributed by atoms with Crippen molar-refractivity contribution in [1.29, 1.82) is 0 Å². The standard InChI is InChI=1S/C6H7O.3C6H5.Sn/c1-3-5-7-6-4-2;3*1-2-4-6-5-3-1;/h3H,1,5-6H2;3*1-5H;. The summed E-state index contributed by atoms with van der Waals surface area (Å²) in [4.78, 5) is 0. The van der Waals surface area contributed by atoms with Crippen molar-refractivity contribution in [3.8, 4) is 9.86 Å². The molecule has 0 heterocycles. The van der Waals surface area contributed by atoms with Gasteiger partial charge in [-0.05, 0) is 0 Å².